The monoisotopic (exact) mass is 510 g/mol. The van der Waals surface area contributed by atoms with Crippen molar-refractivity contribution in [3.05, 3.63) is 71.7 Å². The molecular formula is C29H34N8O. The van der Waals surface area contributed by atoms with Gasteiger partial charge in [0.2, 0.25) is 5.95 Å². The van der Waals surface area contributed by atoms with E-state index in [1.165, 1.54) is 6.33 Å². The van der Waals surface area contributed by atoms with Gasteiger partial charge in [-0.1, -0.05) is 39.0 Å². The van der Waals surface area contributed by atoms with Crippen molar-refractivity contribution < 1.29 is 4.79 Å². The molecule has 0 spiro atoms. The van der Waals surface area contributed by atoms with Gasteiger partial charge in [-0.3, -0.25) is 4.79 Å². The molecule has 4 aromatic rings. The zero-order valence-corrected chi connectivity index (χ0v) is 22.6. The summed E-state index contributed by atoms with van der Waals surface area (Å²) in [6.45, 7) is 12.1. The van der Waals surface area contributed by atoms with Crippen LogP contribution in [0.15, 0.2) is 55.0 Å². The Kier molecular flexibility index (Phi) is 6.94. The fourth-order valence-corrected chi connectivity index (χ4v) is 4.39. The Hall–Kier alpha value is -4.11. The minimum absolute atomic E-state index is 0.00420. The third kappa shape index (κ3) is 5.57. The number of fused-ring (bicyclic) bond motifs is 1. The van der Waals surface area contributed by atoms with Gasteiger partial charge in [0, 0.05) is 43.1 Å². The lowest BCUT2D eigenvalue weighted by molar-refractivity contribution is 0.102. The molecule has 1 fully saturated rings. The fraction of sp³-hybridized carbons (Fsp3) is 0.345. The predicted octanol–water partition coefficient (Wildman–Crippen LogP) is 4.77. The fourth-order valence-electron chi connectivity index (χ4n) is 4.39. The number of nitrogens with zero attached hydrogens (tertiary/aromatic N) is 6. The lowest BCUT2D eigenvalue weighted by Gasteiger charge is -2.32. The minimum Gasteiger partial charge on any atom is -0.338 e. The Morgan fingerprint density at radius 3 is 2.53 bits per heavy atom. The van der Waals surface area contributed by atoms with E-state index in [0.29, 0.717) is 28.4 Å². The zero-order valence-electron chi connectivity index (χ0n) is 22.6. The van der Waals surface area contributed by atoms with Gasteiger partial charge in [0.1, 0.15) is 17.4 Å². The number of nitrogens with one attached hydrogen (secondary N) is 2. The van der Waals surface area contributed by atoms with E-state index in [1.54, 1.807) is 6.20 Å². The smallest absolute Gasteiger partial charge is 0.255 e. The molecule has 5 rings (SSSR count). The van der Waals surface area contributed by atoms with Crippen LogP contribution in [0.3, 0.4) is 0 Å². The number of anilines is 4. The maximum absolute atomic E-state index is 13.2. The lowest BCUT2D eigenvalue weighted by Crippen LogP contribution is -2.45. The molecule has 38 heavy (non-hydrogen) atoms. The molecule has 3 heterocycles. The average molecular weight is 511 g/mol. The highest BCUT2D eigenvalue weighted by molar-refractivity contribution is 6.05. The summed E-state index contributed by atoms with van der Waals surface area (Å²) in [6, 6.07) is 13.6. The van der Waals surface area contributed by atoms with Crippen LogP contribution in [0.5, 0.6) is 0 Å². The molecule has 9 heteroatoms. The summed E-state index contributed by atoms with van der Waals surface area (Å²) < 4.78 is 0. The number of piperazine rings is 1. The van der Waals surface area contributed by atoms with Gasteiger partial charge in [-0.05, 0) is 54.8 Å². The summed E-state index contributed by atoms with van der Waals surface area (Å²) >= 11 is 0. The van der Waals surface area contributed by atoms with Gasteiger partial charge in [-0.15, -0.1) is 0 Å². The molecule has 0 atom stereocenters. The maximum atomic E-state index is 13.2. The second-order valence-electron chi connectivity index (χ2n) is 10.9. The number of hydrogen-bond donors (Lipinski definition) is 2. The van der Waals surface area contributed by atoms with Crippen LogP contribution in [0, 0.1) is 6.92 Å². The number of aryl methyl sites for hydroxylation is 1. The van der Waals surface area contributed by atoms with Gasteiger partial charge in [-0.25, -0.2) is 19.9 Å². The molecule has 1 saturated heterocycles. The summed E-state index contributed by atoms with van der Waals surface area (Å²) in [5.74, 6) is 1.07. The minimum atomic E-state index is -0.175. The molecular weight excluding hydrogens is 476 g/mol. The number of benzene rings is 2. The topological polar surface area (TPSA) is 99.2 Å². The van der Waals surface area contributed by atoms with Crippen LogP contribution < -0.4 is 15.5 Å². The van der Waals surface area contributed by atoms with Gasteiger partial charge < -0.3 is 20.4 Å². The van der Waals surface area contributed by atoms with E-state index in [0.717, 1.165) is 48.7 Å². The summed E-state index contributed by atoms with van der Waals surface area (Å²) in [4.78, 5) is 35.8. The average Bonchev–Trinajstić information content (AvgIpc) is 2.90. The summed E-state index contributed by atoms with van der Waals surface area (Å²) in [7, 11) is 2.12. The highest BCUT2D eigenvalue weighted by Crippen LogP contribution is 2.27. The van der Waals surface area contributed by atoms with E-state index in [9.17, 15) is 4.79 Å². The Bertz CT molecular complexity index is 1470. The molecule has 1 aliphatic rings. The van der Waals surface area contributed by atoms with Crippen LogP contribution in [0.2, 0.25) is 0 Å². The molecule has 2 aromatic heterocycles. The van der Waals surface area contributed by atoms with Crippen LogP contribution >= 0.6 is 0 Å². The van der Waals surface area contributed by atoms with Crippen molar-refractivity contribution in [3.8, 4) is 0 Å². The molecule has 196 valence electrons. The molecule has 0 radical (unpaired) electrons. The third-order valence-electron chi connectivity index (χ3n) is 6.89. The molecule has 0 saturated carbocycles. The third-order valence-corrected chi connectivity index (χ3v) is 6.89. The summed E-state index contributed by atoms with van der Waals surface area (Å²) in [6.07, 6.45) is 3.24. The molecule has 1 aliphatic heterocycles. The van der Waals surface area contributed by atoms with Crippen LogP contribution in [-0.4, -0.2) is 64.0 Å². The van der Waals surface area contributed by atoms with E-state index < -0.39 is 0 Å². The highest BCUT2D eigenvalue weighted by atomic mass is 16.1. The van der Waals surface area contributed by atoms with Crippen LogP contribution in [0.1, 0.15) is 42.3 Å². The molecule has 1 amide bonds. The number of hydrogen-bond acceptors (Lipinski definition) is 8. The van der Waals surface area contributed by atoms with Gasteiger partial charge in [0.05, 0.1) is 6.20 Å². The largest absolute Gasteiger partial charge is 0.338 e. The number of amides is 1. The van der Waals surface area contributed by atoms with Gasteiger partial charge in [0.15, 0.2) is 5.82 Å². The summed E-state index contributed by atoms with van der Waals surface area (Å²) in [5.41, 5.74) is 5.54. The van der Waals surface area contributed by atoms with Crippen LogP contribution in [0.4, 0.5) is 23.1 Å². The van der Waals surface area contributed by atoms with Crippen molar-refractivity contribution in [3.63, 3.8) is 0 Å². The van der Waals surface area contributed by atoms with Crippen molar-refractivity contribution in [2.75, 3.05) is 48.8 Å². The van der Waals surface area contributed by atoms with E-state index >= 15 is 0 Å². The molecule has 9 nitrogen and oxygen atoms in total. The zero-order chi connectivity index (χ0) is 26.9. The SMILES string of the molecule is Cc1ccc(C(=O)Nc2cccc(C(C)(C)C)c2)cc1Nc1ncnc2cnc(N3CCN(C)CC3)nc12. The molecule has 2 N–H and O–H groups in total. The van der Waals surface area contributed by atoms with Crippen molar-refractivity contribution in [1.29, 1.82) is 0 Å². The first-order chi connectivity index (χ1) is 18.2. The highest BCUT2D eigenvalue weighted by Gasteiger charge is 2.19. The van der Waals surface area contributed by atoms with E-state index in [2.05, 4.69) is 69.3 Å². The normalized spacial score (nSPS) is 14.5. The number of likely N-dealkylation sites (N-methyl/N-ethyl adjacent to an activating group) is 1. The number of rotatable bonds is 5. The standard InChI is InChI=1S/C29H34N8O/c1-19-9-10-20(27(38)33-22-8-6-7-21(16-22)29(2,3)4)15-23(19)34-26-25-24(31-18-32-26)17-30-28(35-25)37-13-11-36(5)12-14-37/h6-10,15-18H,11-14H2,1-5H3,(H,33,38)(H,31,32,34). The second kappa shape index (κ2) is 10.3. The van der Waals surface area contributed by atoms with Crippen molar-refractivity contribution in [2.45, 2.75) is 33.1 Å². The van der Waals surface area contributed by atoms with Crippen molar-refractivity contribution in [2.24, 2.45) is 0 Å². The quantitative estimate of drug-likeness (QED) is 0.396. The van der Waals surface area contributed by atoms with E-state index in [-0.39, 0.29) is 11.3 Å². The Labute approximate surface area is 223 Å². The van der Waals surface area contributed by atoms with Crippen molar-refractivity contribution in [1.82, 2.24) is 24.8 Å². The first-order valence-corrected chi connectivity index (χ1v) is 12.9. The van der Waals surface area contributed by atoms with Gasteiger partial charge in [0.25, 0.3) is 5.91 Å². The van der Waals surface area contributed by atoms with Crippen molar-refractivity contribution >= 4 is 40.1 Å². The second-order valence-corrected chi connectivity index (χ2v) is 10.9. The van der Waals surface area contributed by atoms with Gasteiger partial charge >= 0.3 is 0 Å². The molecule has 2 aromatic carbocycles. The molecule has 0 aliphatic carbocycles. The predicted molar refractivity (Wildman–Crippen MR) is 152 cm³/mol. The summed E-state index contributed by atoms with van der Waals surface area (Å²) in [5, 5.41) is 6.43. The van der Waals surface area contributed by atoms with Crippen LogP contribution in [0.25, 0.3) is 11.0 Å². The first-order valence-electron chi connectivity index (χ1n) is 12.9. The Morgan fingerprint density at radius 1 is 0.974 bits per heavy atom. The van der Waals surface area contributed by atoms with E-state index in [1.807, 2.05) is 43.3 Å². The number of aromatic nitrogens is 4. The van der Waals surface area contributed by atoms with Crippen LogP contribution in [-0.2, 0) is 5.41 Å². The van der Waals surface area contributed by atoms with E-state index in [4.69, 9.17) is 4.98 Å². The lowest BCUT2D eigenvalue weighted by atomic mass is 9.87. The van der Waals surface area contributed by atoms with Gasteiger partial charge in [-0.2, -0.15) is 0 Å². The Morgan fingerprint density at radius 2 is 1.76 bits per heavy atom. The first kappa shape index (κ1) is 25.5. The Balaban J connectivity index is 1.40. The molecule has 0 bridgehead atoms. The number of carbonyl (C=O) groups is 1. The maximum Gasteiger partial charge on any atom is 0.255 e. The molecule has 0 unspecified atom stereocenters. The number of carbonyl (C=O) groups excluding carboxylic acids is 1.